The number of aliphatic hydroxyl groups excluding tert-OH is 1. The predicted octanol–water partition coefficient (Wildman–Crippen LogP) is 4.89. The number of fused-ring (bicyclic) bond motifs is 1. The lowest BCUT2D eigenvalue weighted by Crippen LogP contribution is -2.38. The van der Waals surface area contributed by atoms with Crippen molar-refractivity contribution in [2.75, 3.05) is 0 Å². The fraction of sp³-hybridized carbons (Fsp3) is 0.654. The fourth-order valence-electron chi connectivity index (χ4n) is 4.54. The van der Waals surface area contributed by atoms with Crippen LogP contribution >= 0.6 is 11.3 Å². The normalized spacial score (nSPS) is 34.0. The summed E-state index contributed by atoms with van der Waals surface area (Å²) in [7, 11) is 0. The molecule has 6 nitrogen and oxygen atoms in total. The first-order chi connectivity index (χ1) is 15.5. The van der Waals surface area contributed by atoms with Crippen molar-refractivity contribution in [2.45, 2.75) is 91.6 Å². The van der Waals surface area contributed by atoms with Gasteiger partial charge >= 0.3 is 5.97 Å². The van der Waals surface area contributed by atoms with Crippen LogP contribution < -0.4 is 0 Å². The minimum absolute atomic E-state index is 0.0123. The van der Waals surface area contributed by atoms with E-state index in [9.17, 15) is 14.7 Å². The molecule has 182 valence electrons. The van der Waals surface area contributed by atoms with Crippen molar-refractivity contribution < 1.29 is 24.2 Å². The fourth-order valence-corrected chi connectivity index (χ4v) is 5.11. The van der Waals surface area contributed by atoms with Crippen LogP contribution in [0.25, 0.3) is 6.08 Å². The van der Waals surface area contributed by atoms with E-state index >= 15 is 0 Å². The first kappa shape index (κ1) is 25.8. The molecule has 1 N–H and O–H groups in total. The van der Waals surface area contributed by atoms with Crippen LogP contribution in [0.2, 0.25) is 0 Å². The van der Waals surface area contributed by atoms with Crippen molar-refractivity contribution in [1.29, 1.82) is 0 Å². The monoisotopic (exact) mass is 475 g/mol. The van der Waals surface area contributed by atoms with Crippen molar-refractivity contribution >= 4 is 29.2 Å². The molecule has 0 aliphatic carbocycles. The summed E-state index contributed by atoms with van der Waals surface area (Å²) in [5.74, 6) is -1.09. The molecule has 6 atom stereocenters. The Hall–Kier alpha value is -1.83. The quantitative estimate of drug-likeness (QED) is 0.484. The molecule has 0 saturated carbocycles. The Morgan fingerprint density at radius 2 is 1.97 bits per heavy atom. The van der Waals surface area contributed by atoms with Gasteiger partial charge in [-0.1, -0.05) is 26.3 Å². The molecule has 0 unspecified atom stereocenters. The van der Waals surface area contributed by atoms with E-state index in [1.165, 1.54) is 6.08 Å². The highest BCUT2D eigenvalue weighted by Gasteiger charge is 2.41. The minimum atomic E-state index is -0.889. The van der Waals surface area contributed by atoms with E-state index in [2.05, 4.69) is 4.98 Å². The van der Waals surface area contributed by atoms with Crippen LogP contribution in [-0.2, 0) is 19.1 Å². The zero-order valence-electron chi connectivity index (χ0n) is 20.5. The molecule has 0 aromatic carbocycles. The van der Waals surface area contributed by atoms with Crippen LogP contribution in [0.5, 0.6) is 0 Å². The van der Waals surface area contributed by atoms with Gasteiger partial charge in [0.2, 0.25) is 0 Å². The number of aromatic nitrogens is 1. The average Bonchev–Trinajstić information content (AvgIpc) is 3.37. The molecule has 0 bridgehead atoms. The second kappa shape index (κ2) is 10.6. The largest absolute Gasteiger partial charge is 0.455 e. The standard InChI is InChI=1S/C26H37NO5S/c1-15-8-7-9-20-22(31-20)13-21(16(2)12-19-14-33-18(4)27-19)32-23(28)10-11-26(5,6)25(30)17(3)24(15)29/h10-12,14-15,17,20-22,24,29H,7-9,13H2,1-6H3/t15-,17+,20+,21-,22+,24-/m1/s1. The summed E-state index contributed by atoms with van der Waals surface area (Å²) in [4.78, 5) is 30.3. The van der Waals surface area contributed by atoms with Gasteiger partial charge in [0.15, 0.2) is 0 Å². The third-order valence-corrected chi connectivity index (χ3v) is 7.63. The Morgan fingerprint density at radius 1 is 1.24 bits per heavy atom. The van der Waals surface area contributed by atoms with E-state index in [0.717, 1.165) is 35.5 Å². The van der Waals surface area contributed by atoms with E-state index in [1.54, 1.807) is 38.2 Å². The number of rotatable bonds is 2. The SMILES string of the molecule is CC(=Cc1csc(C)n1)[C@H]1C[C@@H]2O[C@H]2CCC[C@@H](C)[C@@H](O)[C@H](C)C(=O)C(C)(C)C=CC(=O)O1. The number of nitrogens with zero attached hydrogens (tertiary/aromatic N) is 1. The number of aryl methyl sites for hydroxylation is 1. The Kier molecular flexibility index (Phi) is 8.30. The van der Waals surface area contributed by atoms with Crippen LogP contribution in [0, 0.1) is 24.2 Å². The number of hydrogen-bond acceptors (Lipinski definition) is 7. The van der Waals surface area contributed by atoms with Crippen LogP contribution in [0.3, 0.4) is 0 Å². The first-order valence-electron chi connectivity index (χ1n) is 11.9. The van der Waals surface area contributed by atoms with Gasteiger partial charge in [0.25, 0.3) is 0 Å². The van der Waals surface area contributed by atoms with Gasteiger partial charge in [-0.05, 0) is 58.1 Å². The Morgan fingerprint density at radius 3 is 2.64 bits per heavy atom. The zero-order valence-corrected chi connectivity index (χ0v) is 21.4. The lowest BCUT2D eigenvalue weighted by atomic mass is 9.76. The van der Waals surface area contributed by atoms with Crippen LogP contribution in [0.1, 0.15) is 71.0 Å². The summed E-state index contributed by atoms with van der Waals surface area (Å²) in [6, 6.07) is 0. The van der Waals surface area contributed by atoms with Gasteiger partial charge in [0, 0.05) is 29.2 Å². The molecule has 3 heterocycles. The van der Waals surface area contributed by atoms with Crippen LogP contribution in [0.4, 0.5) is 0 Å². The lowest BCUT2D eigenvalue weighted by molar-refractivity contribution is -0.141. The van der Waals surface area contributed by atoms with Gasteiger partial charge in [-0.2, -0.15) is 0 Å². The molecule has 3 rings (SSSR count). The summed E-state index contributed by atoms with van der Waals surface area (Å²) in [6.07, 6.45) is 7.18. The van der Waals surface area contributed by atoms with Crippen LogP contribution in [0.15, 0.2) is 23.1 Å². The van der Waals surface area contributed by atoms with E-state index < -0.39 is 29.5 Å². The molecule has 0 amide bonds. The maximum absolute atomic E-state index is 13.1. The third kappa shape index (κ3) is 6.84. The van der Waals surface area contributed by atoms with Crippen molar-refractivity contribution in [3.8, 4) is 0 Å². The highest BCUT2D eigenvalue weighted by atomic mass is 32.1. The van der Waals surface area contributed by atoms with Crippen molar-refractivity contribution in [3.05, 3.63) is 33.8 Å². The van der Waals surface area contributed by atoms with Gasteiger partial charge < -0.3 is 14.6 Å². The maximum Gasteiger partial charge on any atom is 0.331 e. The lowest BCUT2D eigenvalue weighted by Gasteiger charge is -2.29. The van der Waals surface area contributed by atoms with Crippen molar-refractivity contribution in [1.82, 2.24) is 4.98 Å². The third-order valence-electron chi connectivity index (χ3n) is 6.84. The van der Waals surface area contributed by atoms with Gasteiger partial charge in [-0.25, -0.2) is 9.78 Å². The Labute approximate surface area is 201 Å². The Bertz CT molecular complexity index is 918. The number of aliphatic hydroxyl groups is 1. The molecular formula is C26H37NO5S. The molecule has 0 spiro atoms. The summed E-state index contributed by atoms with van der Waals surface area (Å²) >= 11 is 1.58. The van der Waals surface area contributed by atoms with E-state index in [-0.39, 0.29) is 23.9 Å². The number of cyclic esters (lactones) is 1. The summed E-state index contributed by atoms with van der Waals surface area (Å²) in [5, 5.41) is 13.7. The molecule has 1 aromatic rings. The van der Waals surface area contributed by atoms with Gasteiger partial charge in [-0.3, -0.25) is 4.79 Å². The first-order valence-corrected chi connectivity index (χ1v) is 12.7. The molecule has 2 aliphatic heterocycles. The molecule has 2 aliphatic rings. The summed E-state index contributed by atoms with van der Waals surface area (Å²) < 4.78 is 11.7. The smallest absolute Gasteiger partial charge is 0.331 e. The summed E-state index contributed by atoms with van der Waals surface area (Å²) in [5.41, 5.74) is 0.882. The number of carbonyl (C=O) groups is 2. The highest BCUT2D eigenvalue weighted by molar-refractivity contribution is 7.09. The number of carbonyl (C=O) groups excluding carboxylic acids is 2. The number of allylic oxidation sites excluding steroid dienone is 1. The molecule has 0 radical (unpaired) electrons. The van der Waals surface area contributed by atoms with Crippen molar-refractivity contribution in [3.63, 3.8) is 0 Å². The second-order valence-electron chi connectivity index (χ2n) is 10.2. The molecular weight excluding hydrogens is 438 g/mol. The highest BCUT2D eigenvalue weighted by Crippen LogP contribution is 2.35. The molecule has 1 aromatic heterocycles. The molecule has 33 heavy (non-hydrogen) atoms. The number of esters is 1. The predicted molar refractivity (Wildman–Crippen MR) is 130 cm³/mol. The number of Topliss-reactive ketones (excluding diaryl/α,β-unsaturated/α-hetero) is 1. The van der Waals surface area contributed by atoms with E-state index in [4.69, 9.17) is 9.47 Å². The molecule has 1 fully saturated rings. The number of epoxide rings is 1. The van der Waals surface area contributed by atoms with Gasteiger partial charge in [0.1, 0.15) is 11.9 Å². The van der Waals surface area contributed by atoms with E-state index in [0.29, 0.717) is 6.42 Å². The van der Waals surface area contributed by atoms with E-state index in [1.807, 2.05) is 32.2 Å². The maximum atomic E-state index is 13.1. The van der Waals surface area contributed by atoms with Gasteiger partial charge in [0.05, 0.1) is 29.0 Å². The average molecular weight is 476 g/mol. The van der Waals surface area contributed by atoms with Gasteiger partial charge in [-0.15, -0.1) is 11.3 Å². The molecule has 1 saturated heterocycles. The zero-order chi connectivity index (χ0) is 24.3. The number of thiazole rings is 1. The van der Waals surface area contributed by atoms with Crippen molar-refractivity contribution in [2.24, 2.45) is 17.3 Å². The molecule has 7 heteroatoms. The topological polar surface area (TPSA) is 89.0 Å². The summed E-state index contributed by atoms with van der Waals surface area (Å²) in [6.45, 7) is 11.2. The minimum Gasteiger partial charge on any atom is -0.455 e. The number of ether oxygens (including phenoxy) is 2. The van der Waals surface area contributed by atoms with Crippen LogP contribution in [-0.4, -0.2) is 46.3 Å². The second-order valence-corrected chi connectivity index (χ2v) is 11.2. The number of ketones is 1. The Balaban J connectivity index is 1.82. The number of hydrogen-bond donors (Lipinski definition) is 1.